The minimum absolute atomic E-state index is 0. The normalized spacial score (nSPS) is 15.9. The Morgan fingerprint density at radius 1 is 1.15 bits per heavy atom. The maximum Gasteiger partial charge on any atom is 0.191 e. The fraction of sp³-hybridized carbons (Fsp3) is 0.462. The molecule has 1 aliphatic rings. The average molecular weight is 578 g/mol. The Morgan fingerprint density at radius 2 is 1.97 bits per heavy atom. The molecule has 1 unspecified atom stereocenters. The number of para-hydroxylation sites is 2. The summed E-state index contributed by atoms with van der Waals surface area (Å²) in [7, 11) is 0. The van der Waals surface area contributed by atoms with Gasteiger partial charge in [0.2, 0.25) is 0 Å². The topological polar surface area (TPSA) is 72.7 Å². The first kappa shape index (κ1) is 26.4. The SMILES string of the molecule is CCNC(=NCc1ccc(Cn2cnc3ccccc32)cc1)NCCCOCC1CCOC1.I. The lowest BCUT2D eigenvalue weighted by Crippen LogP contribution is -2.38. The molecule has 1 fully saturated rings. The molecule has 0 spiro atoms. The molecule has 2 N–H and O–H groups in total. The number of imidazole rings is 1. The van der Waals surface area contributed by atoms with Crippen LogP contribution in [0.3, 0.4) is 0 Å². The Balaban J connectivity index is 0.00000324. The molecule has 1 atom stereocenters. The molecule has 0 bridgehead atoms. The van der Waals surface area contributed by atoms with Crippen LogP contribution in [0.15, 0.2) is 59.9 Å². The lowest BCUT2D eigenvalue weighted by atomic mass is 10.1. The maximum atomic E-state index is 5.77. The summed E-state index contributed by atoms with van der Waals surface area (Å²) in [6.45, 7) is 8.49. The number of aliphatic imine (C=N–C) groups is 1. The number of hydrogen-bond donors (Lipinski definition) is 2. The van der Waals surface area contributed by atoms with Gasteiger partial charge in [0.05, 0.1) is 37.1 Å². The Kier molecular flexibility index (Phi) is 11.1. The Hall–Kier alpha value is -2.17. The van der Waals surface area contributed by atoms with Gasteiger partial charge in [0.1, 0.15) is 0 Å². The number of guanidine groups is 1. The zero-order valence-electron chi connectivity index (χ0n) is 19.9. The lowest BCUT2D eigenvalue weighted by Gasteiger charge is -2.12. The number of ether oxygens (including phenoxy) is 2. The second-order valence-electron chi connectivity index (χ2n) is 8.46. The molecule has 8 heteroatoms. The first-order chi connectivity index (χ1) is 16.3. The van der Waals surface area contributed by atoms with E-state index in [1.807, 2.05) is 18.5 Å². The molecule has 2 heterocycles. The minimum atomic E-state index is 0. The number of halogens is 1. The van der Waals surface area contributed by atoms with Gasteiger partial charge in [-0.25, -0.2) is 9.98 Å². The number of aromatic nitrogens is 2. The Labute approximate surface area is 219 Å². The van der Waals surface area contributed by atoms with E-state index < -0.39 is 0 Å². The van der Waals surface area contributed by atoms with E-state index in [2.05, 4.69) is 63.5 Å². The molecular formula is C26H36IN5O2. The van der Waals surface area contributed by atoms with E-state index in [9.17, 15) is 0 Å². The van der Waals surface area contributed by atoms with Crippen molar-refractivity contribution in [3.63, 3.8) is 0 Å². The van der Waals surface area contributed by atoms with E-state index in [-0.39, 0.29) is 24.0 Å². The Morgan fingerprint density at radius 3 is 2.76 bits per heavy atom. The van der Waals surface area contributed by atoms with Gasteiger partial charge in [-0.3, -0.25) is 0 Å². The molecule has 0 aliphatic carbocycles. The highest BCUT2D eigenvalue weighted by molar-refractivity contribution is 14.0. The second-order valence-corrected chi connectivity index (χ2v) is 8.46. The summed E-state index contributed by atoms with van der Waals surface area (Å²) >= 11 is 0. The summed E-state index contributed by atoms with van der Waals surface area (Å²) in [4.78, 5) is 9.21. The maximum absolute atomic E-state index is 5.77. The number of fused-ring (bicyclic) bond motifs is 1. The molecule has 7 nitrogen and oxygen atoms in total. The van der Waals surface area contributed by atoms with Crippen molar-refractivity contribution in [3.05, 3.63) is 66.0 Å². The molecule has 3 aromatic rings. The van der Waals surface area contributed by atoms with Crippen molar-refractivity contribution >= 4 is 41.0 Å². The number of nitrogens with one attached hydrogen (secondary N) is 2. The molecule has 0 saturated carbocycles. The van der Waals surface area contributed by atoms with Crippen LogP contribution in [0, 0.1) is 5.92 Å². The van der Waals surface area contributed by atoms with Gasteiger partial charge in [0, 0.05) is 38.8 Å². The number of rotatable bonds is 11. The van der Waals surface area contributed by atoms with Crippen LogP contribution in [0.4, 0.5) is 0 Å². The van der Waals surface area contributed by atoms with Gasteiger partial charge in [-0.15, -0.1) is 24.0 Å². The van der Waals surface area contributed by atoms with Gasteiger partial charge in [0.15, 0.2) is 5.96 Å². The van der Waals surface area contributed by atoms with Crippen molar-refractivity contribution in [2.45, 2.75) is 32.9 Å². The van der Waals surface area contributed by atoms with E-state index in [1.165, 1.54) is 11.1 Å². The van der Waals surface area contributed by atoms with Crippen molar-refractivity contribution < 1.29 is 9.47 Å². The summed E-state index contributed by atoms with van der Waals surface area (Å²) in [5.41, 5.74) is 4.63. The number of benzene rings is 2. The van der Waals surface area contributed by atoms with Crippen molar-refractivity contribution in [1.82, 2.24) is 20.2 Å². The second kappa shape index (κ2) is 14.3. The van der Waals surface area contributed by atoms with Crippen LogP contribution >= 0.6 is 24.0 Å². The van der Waals surface area contributed by atoms with Crippen LogP contribution in [0.2, 0.25) is 0 Å². The van der Waals surface area contributed by atoms with Gasteiger partial charge in [-0.1, -0.05) is 36.4 Å². The highest BCUT2D eigenvalue weighted by Gasteiger charge is 2.15. The monoisotopic (exact) mass is 577 g/mol. The average Bonchev–Trinajstić information content (AvgIpc) is 3.51. The van der Waals surface area contributed by atoms with Gasteiger partial charge in [-0.05, 0) is 43.0 Å². The van der Waals surface area contributed by atoms with E-state index in [4.69, 9.17) is 14.5 Å². The van der Waals surface area contributed by atoms with Crippen molar-refractivity contribution in [3.8, 4) is 0 Å². The third-order valence-electron chi connectivity index (χ3n) is 5.80. The molecule has 0 radical (unpaired) electrons. The molecule has 184 valence electrons. The first-order valence-corrected chi connectivity index (χ1v) is 12.0. The molecule has 1 saturated heterocycles. The van der Waals surface area contributed by atoms with Gasteiger partial charge in [-0.2, -0.15) is 0 Å². The zero-order valence-corrected chi connectivity index (χ0v) is 22.2. The highest BCUT2D eigenvalue weighted by Crippen LogP contribution is 2.15. The number of hydrogen-bond acceptors (Lipinski definition) is 4. The summed E-state index contributed by atoms with van der Waals surface area (Å²) in [5, 5.41) is 6.72. The van der Waals surface area contributed by atoms with Crippen molar-refractivity contribution in [2.24, 2.45) is 10.9 Å². The predicted octanol–water partition coefficient (Wildman–Crippen LogP) is 4.20. The summed E-state index contributed by atoms with van der Waals surface area (Å²) in [5.74, 6) is 1.41. The third-order valence-corrected chi connectivity index (χ3v) is 5.80. The van der Waals surface area contributed by atoms with Crippen LogP contribution in [0.1, 0.15) is 30.9 Å². The third kappa shape index (κ3) is 7.95. The fourth-order valence-corrected chi connectivity index (χ4v) is 3.94. The van der Waals surface area contributed by atoms with Crippen molar-refractivity contribution in [1.29, 1.82) is 0 Å². The van der Waals surface area contributed by atoms with E-state index >= 15 is 0 Å². The molecule has 2 aromatic carbocycles. The molecule has 1 aliphatic heterocycles. The molecular weight excluding hydrogens is 541 g/mol. The van der Waals surface area contributed by atoms with Crippen LogP contribution in [0.5, 0.6) is 0 Å². The van der Waals surface area contributed by atoms with Crippen LogP contribution in [-0.2, 0) is 22.6 Å². The molecule has 1 aromatic heterocycles. The summed E-state index contributed by atoms with van der Waals surface area (Å²) in [6.07, 6.45) is 3.98. The van der Waals surface area contributed by atoms with E-state index in [0.29, 0.717) is 12.5 Å². The highest BCUT2D eigenvalue weighted by atomic mass is 127. The molecule has 0 amide bonds. The fourth-order valence-electron chi connectivity index (χ4n) is 3.94. The number of nitrogens with zero attached hydrogens (tertiary/aromatic N) is 3. The predicted molar refractivity (Wildman–Crippen MR) is 148 cm³/mol. The lowest BCUT2D eigenvalue weighted by molar-refractivity contribution is 0.0888. The van der Waals surface area contributed by atoms with Crippen molar-refractivity contribution in [2.75, 3.05) is 39.5 Å². The minimum Gasteiger partial charge on any atom is -0.381 e. The quantitative estimate of drug-likeness (QED) is 0.155. The van der Waals surface area contributed by atoms with Gasteiger partial charge in [0.25, 0.3) is 0 Å². The molecule has 4 rings (SSSR count). The van der Waals surface area contributed by atoms with Gasteiger partial charge < -0.3 is 24.7 Å². The van der Waals surface area contributed by atoms with E-state index in [0.717, 1.165) is 75.9 Å². The van der Waals surface area contributed by atoms with E-state index in [1.54, 1.807) is 0 Å². The smallest absolute Gasteiger partial charge is 0.191 e. The standard InChI is InChI=1S/C26H35N5O2.HI/c1-2-27-26(28-13-5-14-32-18-23-12-15-33-19-23)29-16-21-8-10-22(11-9-21)17-31-20-30-24-6-3-4-7-25(24)31;/h3-4,6-11,20,23H,2,5,12-19H2,1H3,(H2,27,28,29);1H. The Bertz CT molecular complexity index is 1020. The summed E-state index contributed by atoms with van der Waals surface area (Å²) < 4.78 is 13.3. The van der Waals surface area contributed by atoms with Crippen LogP contribution < -0.4 is 10.6 Å². The van der Waals surface area contributed by atoms with Gasteiger partial charge >= 0.3 is 0 Å². The first-order valence-electron chi connectivity index (χ1n) is 12.0. The van der Waals surface area contributed by atoms with Crippen LogP contribution in [0.25, 0.3) is 11.0 Å². The van der Waals surface area contributed by atoms with Crippen LogP contribution in [-0.4, -0.2) is 55.0 Å². The largest absolute Gasteiger partial charge is 0.381 e. The molecule has 34 heavy (non-hydrogen) atoms. The zero-order chi connectivity index (χ0) is 22.7. The summed E-state index contributed by atoms with van der Waals surface area (Å²) in [6, 6.07) is 16.9.